The molecule has 2 heterocycles. The SMILES string of the molecule is CC1=C(C)[C@@H](O)N(Cc2ccc3c(c2)OCO3)C1=O. The Labute approximate surface area is 111 Å². The van der Waals surface area contributed by atoms with Gasteiger partial charge in [-0.15, -0.1) is 0 Å². The molecule has 5 heteroatoms. The summed E-state index contributed by atoms with van der Waals surface area (Å²) < 4.78 is 10.5. The van der Waals surface area contributed by atoms with Crippen LogP contribution in [0.1, 0.15) is 19.4 Å². The van der Waals surface area contributed by atoms with Gasteiger partial charge in [0.1, 0.15) is 0 Å². The molecule has 0 unspecified atom stereocenters. The average molecular weight is 261 g/mol. The Kier molecular flexibility index (Phi) is 2.71. The van der Waals surface area contributed by atoms with Crippen LogP contribution in [-0.2, 0) is 11.3 Å². The van der Waals surface area contributed by atoms with Gasteiger partial charge in [-0.25, -0.2) is 0 Å². The minimum atomic E-state index is -0.835. The van der Waals surface area contributed by atoms with E-state index in [-0.39, 0.29) is 12.7 Å². The first-order valence-corrected chi connectivity index (χ1v) is 6.13. The van der Waals surface area contributed by atoms with E-state index in [9.17, 15) is 9.90 Å². The summed E-state index contributed by atoms with van der Waals surface area (Å²) in [6.45, 7) is 4.09. The van der Waals surface area contributed by atoms with Crippen molar-refractivity contribution in [2.75, 3.05) is 6.79 Å². The fourth-order valence-electron chi connectivity index (χ4n) is 2.32. The highest BCUT2D eigenvalue weighted by atomic mass is 16.7. The minimum Gasteiger partial charge on any atom is -0.454 e. The molecule has 100 valence electrons. The van der Waals surface area contributed by atoms with Gasteiger partial charge < -0.3 is 19.5 Å². The van der Waals surface area contributed by atoms with Gasteiger partial charge in [-0.1, -0.05) is 6.07 Å². The Balaban J connectivity index is 1.81. The molecule has 19 heavy (non-hydrogen) atoms. The molecule has 0 radical (unpaired) electrons. The van der Waals surface area contributed by atoms with Crippen LogP contribution in [0.5, 0.6) is 11.5 Å². The lowest BCUT2D eigenvalue weighted by molar-refractivity contribution is -0.132. The van der Waals surface area contributed by atoms with Gasteiger partial charge in [0.25, 0.3) is 5.91 Å². The molecule has 1 aromatic rings. The smallest absolute Gasteiger partial charge is 0.252 e. The molecule has 0 spiro atoms. The van der Waals surface area contributed by atoms with Crippen molar-refractivity contribution in [3.63, 3.8) is 0 Å². The van der Waals surface area contributed by atoms with E-state index >= 15 is 0 Å². The standard InChI is InChI=1S/C14H15NO4/c1-8-9(2)14(17)15(13(8)16)6-10-3-4-11-12(5-10)19-7-18-11/h3-5,13,16H,6-7H2,1-2H3/t13-/m1/s1. The fourth-order valence-corrected chi connectivity index (χ4v) is 2.32. The van der Waals surface area contributed by atoms with Crippen LogP contribution in [0, 0.1) is 0 Å². The maximum Gasteiger partial charge on any atom is 0.252 e. The van der Waals surface area contributed by atoms with Gasteiger partial charge in [0.15, 0.2) is 17.7 Å². The molecule has 0 aliphatic carbocycles. The molecular weight excluding hydrogens is 246 g/mol. The first kappa shape index (κ1) is 12.0. The number of rotatable bonds is 2. The highest BCUT2D eigenvalue weighted by Gasteiger charge is 2.33. The van der Waals surface area contributed by atoms with Crippen LogP contribution < -0.4 is 9.47 Å². The summed E-state index contributed by atoms with van der Waals surface area (Å²) in [4.78, 5) is 13.5. The average Bonchev–Trinajstić information content (AvgIpc) is 2.94. The highest BCUT2D eigenvalue weighted by molar-refractivity contribution is 5.96. The number of benzene rings is 1. The third-order valence-corrected chi connectivity index (χ3v) is 3.65. The highest BCUT2D eigenvalue weighted by Crippen LogP contribution is 2.34. The number of nitrogens with zero attached hydrogens (tertiary/aromatic N) is 1. The zero-order chi connectivity index (χ0) is 13.6. The summed E-state index contributed by atoms with van der Waals surface area (Å²) in [6.07, 6.45) is -0.835. The monoisotopic (exact) mass is 261 g/mol. The molecule has 0 fully saturated rings. The van der Waals surface area contributed by atoms with Crippen LogP contribution in [0.3, 0.4) is 0 Å². The minimum absolute atomic E-state index is 0.123. The van der Waals surface area contributed by atoms with Gasteiger partial charge in [0, 0.05) is 12.1 Å². The van der Waals surface area contributed by atoms with Crippen LogP contribution in [0.25, 0.3) is 0 Å². The lowest BCUT2D eigenvalue weighted by atomic mass is 10.2. The molecule has 2 aliphatic heterocycles. The lowest BCUT2D eigenvalue weighted by Gasteiger charge is -2.22. The summed E-state index contributed by atoms with van der Waals surface area (Å²) in [5, 5.41) is 10.0. The number of carbonyl (C=O) groups excluding carboxylic acids is 1. The lowest BCUT2D eigenvalue weighted by Crippen LogP contribution is -2.34. The van der Waals surface area contributed by atoms with E-state index in [1.165, 1.54) is 4.90 Å². The quantitative estimate of drug-likeness (QED) is 0.874. The summed E-state index contributed by atoms with van der Waals surface area (Å²) in [5.41, 5.74) is 2.23. The van der Waals surface area contributed by atoms with Crippen molar-refractivity contribution in [1.29, 1.82) is 0 Å². The van der Waals surface area contributed by atoms with E-state index in [1.807, 2.05) is 18.2 Å². The second kappa shape index (κ2) is 4.28. The predicted molar refractivity (Wildman–Crippen MR) is 67.5 cm³/mol. The molecule has 5 nitrogen and oxygen atoms in total. The topological polar surface area (TPSA) is 59.0 Å². The third kappa shape index (κ3) is 1.86. The zero-order valence-electron chi connectivity index (χ0n) is 10.8. The Morgan fingerprint density at radius 3 is 2.74 bits per heavy atom. The summed E-state index contributed by atoms with van der Waals surface area (Å²) >= 11 is 0. The summed E-state index contributed by atoms with van der Waals surface area (Å²) in [6, 6.07) is 5.53. The Morgan fingerprint density at radius 1 is 1.32 bits per heavy atom. The van der Waals surface area contributed by atoms with Crippen molar-refractivity contribution < 1.29 is 19.4 Å². The van der Waals surface area contributed by atoms with E-state index in [1.54, 1.807) is 13.8 Å². The first-order chi connectivity index (χ1) is 9.08. The number of ether oxygens (including phenoxy) is 2. The predicted octanol–water partition coefficient (Wildman–Crippen LogP) is 1.41. The molecular formula is C14H15NO4. The van der Waals surface area contributed by atoms with Gasteiger partial charge in [-0.3, -0.25) is 4.79 Å². The van der Waals surface area contributed by atoms with Crippen LogP contribution in [0.2, 0.25) is 0 Å². The Morgan fingerprint density at radius 2 is 2.05 bits per heavy atom. The van der Waals surface area contributed by atoms with E-state index in [4.69, 9.17) is 9.47 Å². The second-order valence-corrected chi connectivity index (χ2v) is 4.80. The molecule has 0 saturated carbocycles. The Bertz CT molecular complexity index is 579. The molecule has 0 saturated heterocycles. The summed E-state index contributed by atoms with van der Waals surface area (Å²) in [7, 11) is 0. The van der Waals surface area contributed by atoms with E-state index in [0.717, 1.165) is 5.56 Å². The number of aliphatic hydroxyl groups is 1. The van der Waals surface area contributed by atoms with Crippen LogP contribution in [0.15, 0.2) is 29.3 Å². The molecule has 0 bridgehead atoms. The van der Waals surface area contributed by atoms with E-state index in [0.29, 0.717) is 29.2 Å². The van der Waals surface area contributed by atoms with Gasteiger partial charge >= 0.3 is 0 Å². The fraction of sp³-hybridized carbons (Fsp3) is 0.357. The van der Waals surface area contributed by atoms with E-state index in [2.05, 4.69) is 0 Å². The largest absolute Gasteiger partial charge is 0.454 e. The van der Waals surface area contributed by atoms with Crippen molar-refractivity contribution in [2.24, 2.45) is 0 Å². The van der Waals surface area contributed by atoms with E-state index < -0.39 is 6.23 Å². The molecule has 1 aromatic carbocycles. The van der Waals surface area contributed by atoms with Gasteiger partial charge in [0.2, 0.25) is 6.79 Å². The molecule has 1 atom stereocenters. The molecule has 1 N–H and O–H groups in total. The van der Waals surface area contributed by atoms with Crippen molar-refractivity contribution in [3.8, 4) is 11.5 Å². The number of fused-ring (bicyclic) bond motifs is 1. The van der Waals surface area contributed by atoms with Crippen LogP contribution >= 0.6 is 0 Å². The van der Waals surface area contributed by atoms with Gasteiger partial charge in [-0.2, -0.15) is 0 Å². The number of hydrogen-bond donors (Lipinski definition) is 1. The van der Waals surface area contributed by atoms with Gasteiger partial charge in [0.05, 0.1) is 0 Å². The molecule has 1 amide bonds. The van der Waals surface area contributed by atoms with Crippen LogP contribution in [-0.4, -0.2) is 28.9 Å². The Hall–Kier alpha value is -2.01. The van der Waals surface area contributed by atoms with Crippen LogP contribution in [0.4, 0.5) is 0 Å². The number of aliphatic hydroxyl groups excluding tert-OH is 1. The maximum absolute atomic E-state index is 12.0. The normalized spacial score (nSPS) is 21.5. The second-order valence-electron chi connectivity index (χ2n) is 4.80. The molecule has 2 aliphatic rings. The zero-order valence-corrected chi connectivity index (χ0v) is 10.8. The third-order valence-electron chi connectivity index (χ3n) is 3.65. The molecule has 0 aromatic heterocycles. The van der Waals surface area contributed by atoms with Crippen molar-refractivity contribution >= 4 is 5.91 Å². The van der Waals surface area contributed by atoms with Crippen molar-refractivity contribution in [3.05, 3.63) is 34.9 Å². The maximum atomic E-state index is 12.0. The summed E-state index contributed by atoms with van der Waals surface area (Å²) in [5.74, 6) is 1.27. The molecule has 3 rings (SSSR count). The van der Waals surface area contributed by atoms with Crippen molar-refractivity contribution in [2.45, 2.75) is 26.6 Å². The van der Waals surface area contributed by atoms with Gasteiger partial charge in [-0.05, 0) is 37.1 Å². The first-order valence-electron chi connectivity index (χ1n) is 6.13. The van der Waals surface area contributed by atoms with Crippen molar-refractivity contribution in [1.82, 2.24) is 4.90 Å². The number of amides is 1. The number of hydrogen-bond acceptors (Lipinski definition) is 4. The number of carbonyl (C=O) groups is 1.